The Balaban J connectivity index is 1.56. The molecule has 0 aromatic carbocycles. The van der Waals surface area contributed by atoms with Crippen LogP contribution in [-0.4, -0.2) is 40.5 Å². The molecular formula is C15H16BrN3O2S. The number of nitrogens with zero attached hydrogens (tertiary/aromatic N) is 3. The van der Waals surface area contributed by atoms with Crippen LogP contribution in [0.5, 0.6) is 6.01 Å². The topological polar surface area (TPSA) is 55.3 Å². The lowest BCUT2D eigenvalue weighted by Crippen LogP contribution is -2.41. The summed E-state index contributed by atoms with van der Waals surface area (Å²) in [7, 11) is 0. The Morgan fingerprint density at radius 2 is 2.27 bits per heavy atom. The molecule has 3 rings (SSSR count). The Hall–Kier alpha value is -1.47. The molecule has 1 amide bonds. The van der Waals surface area contributed by atoms with Gasteiger partial charge in [0.15, 0.2) is 0 Å². The summed E-state index contributed by atoms with van der Waals surface area (Å²) in [6.45, 7) is 2.08. The van der Waals surface area contributed by atoms with E-state index in [1.807, 2.05) is 16.3 Å². The number of aromatic nitrogens is 2. The quantitative estimate of drug-likeness (QED) is 0.815. The van der Waals surface area contributed by atoms with Crippen LogP contribution in [0, 0.1) is 5.92 Å². The number of rotatable bonds is 4. The van der Waals surface area contributed by atoms with Crippen molar-refractivity contribution < 1.29 is 9.53 Å². The molecule has 22 heavy (non-hydrogen) atoms. The third-order valence-corrected chi connectivity index (χ3v) is 5.25. The van der Waals surface area contributed by atoms with Crippen LogP contribution in [0.2, 0.25) is 0 Å². The van der Waals surface area contributed by atoms with Crippen LogP contribution in [0.1, 0.15) is 22.5 Å². The van der Waals surface area contributed by atoms with Gasteiger partial charge in [-0.25, -0.2) is 9.97 Å². The van der Waals surface area contributed by atoms with Gasteiger partial charge in [0.2, 0.25) is 0 Å². The monoisotopic (exact) mass is 381 g/mol. The van der Waals surface area contributed by atoms with E-state index < -0.39 is 0 Å². The second kappa shape index (κ2) is 7.19. The minimum Gasteiger partial charge on any atom is -0.463 e. The number of amides is 1. The van der Waals surface area contributed by atoms with Gasteiger partial charge in [-0.1, -0.05) is 0 Å². The lowest BCUT2D eigenvalue weighted by Gasteiger charge is -2.32. The van der Waals surface area contributed by atoms with Gasteiger partial charge in [0, 0.05) is 41.3 Å². The normalized spacial score (nSPS) is 18.2. The fourth-order valence-corrected chi connectivity index (χ4v) is 3.91. The molecule has 0 radical (unpaired) electrons. The molecule has 0 aliphatic carbocycles. The van der Waals surface area contributed by atoms with Crippen LogP contribution in [0.4, 0.5) is 0 Å². The van der Waals surface area contributed by atoms with Gasteiger partial charge < -0.3 is 9.64 Å². The second-order valence-electron chi connectivity index (χ2n) is 5.23. The average Bonchev–Trinajstić information content (AvgIpc) is 3.00. The van der Waals surface area contributed by atoms with E-state index in [1.165, 1.54) is 11.3 Å². The minimum atomic E-state index is 0.108. The van der Waals surface area contributed by atoms with Crippen molar-refractivity contribution in [2.45, 2.75) is 12.8 Å². The molecule has 1 fully saturated rings. The van der Waals surface area contributed by atoms with E-state index in [4.69, 9.17) is 4.74 Å². The molecule has 3 heterocycles. The molecule has 2 aromatic heterocycles. The zero-order valence-electron chi connectivity index (χ0n) is 11.9. The van der Waals surface area contributed by atoms with Crippen molar-refractivity contribution in [2.75, 3.05) is 19.7 Å². The smallest absolute Gasteiger partial charge is 0.316 e. The highest BCUT2D eigenvalue weighted by molar-refractivity contribution is 9.10. The van der Waals surface area contributed by atoms with Gasteiger partial charge >= 0.3 is 6.01 Å². The van der Waals surface area contributed by atoms with E-state index in [1.54, 1.807) is 18.5 Å². The standard InChI is InChI=1S/C15H16BrN3O2S/c16-12-7-13(22-10-12)14(20)19-6-1-3-11(8-19)9-21-15-17-4-2-5-18-15/h2,4-5,7,10-11H,1,3,6,8-9H2. The van der Waals surface area contributed by atoms with Crippen molar-refractivity contribution in [1.82, 2.24) is 14.9 Å². The molecule has 1 atom stereocenters. The van der Waals surface area contributed by atoms with Crippen molar-refractivity contribution in [2.24, 2.45) is 5.92 Å². The SMILES string of the molecule is O=C(c1cc(Br)cs1)N1CCCC(COc2ncccn2)C1. The van der Waals surface area contributed by atoms with Crippen LogP contribution in [0.25, 0.3) is 0 Å². The van der Waals surface area contributed by atoms with Gasteiger partial charge in [0.25, 0.3) is 5.91 Å². The fourth-order valence-electron chi connectivity index (χ4n) is 2.52. The van der Waals surface area contributed by atoms with E-state index in [-0.39, 0.29) is 5.91 Å². The summed E-state index contributed by atoms with van der Waals surface area (Å²) in [4.78, 5) is 23.3. The molecular weight excluding hydrogens is 366 g/mol. The molecule has 1 aliphatic rings. The van der Waals surface area contributed by atoms with Gasteiger partial charge in [-0.15, -0.1) is 11.3 Å². The summed E-state index contributed by atoms with van der Waals surface area (Å²) < 4.78 is 6.58. The first-order valence-electron chi connectivity index (χ1n) is 7.15. The molecule has 7 heteroatoms. The maximum absolute atomic E-state index is 12.5. The number of ether oxygens (including phenoxy) is 1. The molecule has 116 valence electrons. The predicted molar refractivity (Wildman–Crippen MR) is 88.2 cm³/mol. The number of piperidine rings is 1. The van der Waals surface area contributed by atoms with Crippen LogP contribution in [0.3, 0.4) is 0 Å². The number of thiophene rings is 1. The molecule has 0 spiro atoms. The average molecular weight is 382 g/mol. The first kappa shape index (κ1) is 15.4. The first-order chi connectivity index (χ1) is 10.7. The van der Waals surface area contributed by atoms with Crippen molar-refractivity contribution in [1.29, 1.82) is 0 Å². The van der Waals surface area contributed by atoms with Gasteiger partial charge in [-0.05, 0) is 40.9 Å². The highest BCUT2D eigenvalue weighted by atomic mass is 79.9. The molecule has 1 aliphatic heterocycles. The van der Waals surface area contributed by atoms with Crippen LogP contribution in [0.15, 0.2) is 34.4 Å². The van der Waals surface area contributed by atoms with Crippen molar-refractivity contribution >= 4 is 33.2 Å². The van der Waals surface area contributed by atoms with Gasteiger partial charge in [-0.3, -0.25) is 4.79 Å². The van der Waals surface area contributed by atoms with Crippen molar-refractivity contribution in [3.63, 3.8) is 0 Å². The predicted octanol–water partition coefficient (Wildman–Crippen LogP) is 3.23. The number of hydrogen-bond donors (Lipinski definition) is 0. The van der Waals surface area contributed by atoms with E-state index >= 15 is 0 Å². The Morgan fingerprint density at radius 1 is 1.45 bits per heavy atom. The zero-order valence-corrected chi connectivity index (χ0v) is 14.3. The Kier molecular flexibility index (Phi) is 5.04. The summed E-state index contributed by atoms with van der Waals surface area (Å²) in [5.74, 6) is 0.432. The highest BCUT2D eigenvalue weighted by Crippen LogP contribution is 2.24. The van der Waals surface area contributed by atoms with Gasteiger partial charge in [0.05, 0.1) is 11.5 Å². The van der Waals surface area contributed by atoms with E-state index in [0.717, 1.165) is 35.3 Å². The first-order valence-corrected chi connectivity index (χ1v) is 8.83. The van der Waals surface area contributed by atoms with E-state index in [0.29, 0.717) is 18.5 Å². The maximum atomic E-state index is 12.5. The van der Waals surface area contributed by atoms with Gasteiger partial charge in [-0.2, -0.15) is 0 Å². The number of hydrogen-bond acceptors (Lipinski definition) is 5. The number of carbonyl (C=O) groups is 1. The largest absolute Gasteiger partial charge is 0.463 e. The zero-order chi connectivity index (χ0) is 15.4. The summed E-state index contributed by atoms with van der Waals surface area (Å²) in [6, 6.07) is 4.03. The molecule has 5 nitrogen and oxygen atoms in total. The third kappa shape index (κ3) is 3.84. The lowest BCUT2D eigenvalue weighted by atomic mass is 9.99. The Bertz CT molecular complexity index is 635. The summed E-state index contributed by atoms with van der Waals surface area (Å²) >= 11 is 4.87. The van der Waals surface area contributed by atoms with E-state index in [2.05, 4.69) is 25.9 Å². The fraction of sp³-hybridized carbons (Fsp3) is 0.400. The Labute approximate surface area is 141 Å². The summed E-state index contributed by atoms with van der Waals surface area (Å²) in [5, 5.41) is 1.94. The van der Waals surface area contributed by atoms with Crippen LogP contribution < -0.4 is 4.74 Å². The highest BCUT2D eigenvalue weighted by Gasteiger charge is 2.25. The number of halogens is 1. The minimum absolute atomic E-state index is 0.108. The Morgan fingerprint density at radius 3 is 3.00 bits per heavy atom. The summed E-state index contributed by atoms with van der Waals surface area (Å²) in [5.41, 5.74) is 0. The molecule has 0 saturated carbocycles. The maximum Gasteiger partial charge on any atom is 0.316 e. The van der Waals surface area contributed by atoms with Gasteiger partial charge in [0.1, 0.15) is 0 Å². The summed E-state index contributed by atoms with van der Waals surface area (Å²) in [6.07, 6.45) is 5.38. The third-order valence-electron chi connectivity index (χ3n) is 3.57. The lowest BCUT2D eigenvalue weighted by molar-refractivity contribution is 0.0633. The molecule has 1 saturated heterocycles. The number of carbonyl (C=O) groups excluding carboxylic acids is 1. The van der Waals surface area contributed by atoms with Crippen LogP contribution >= 0.6 is 27.3 Å². The number of likely N-dealkylation sites (tertiary alicyclic amines) is 1. The molecule has 0 bridgehead atoms. The van der Waals surface area contributed by atoms with Crippen molar-refractivity contribution in [3.05, 3.63) is 39.3 Å². The molecule has 1 unspecified atom stereocenters. The van der Waals surface area contributed by atoms with Crippen molar-refractivity contribution in [3.8, 4) is 6.01 Å². The molecule has 2 aromatic rings. The molecule has 0 N–H and O–H groups in total. The van der Waals surface area contributed by atoms with Crippen LogP contribution in [-0.2, 0) is 0 Å². The second-order valence-corrected chi connectivity index (χ2v) is 7.06. The van der Waals surface area contributed by atoms with E-state index in [9.17, 15) is 4.79 Å².